The maximum absolute atomic E-state index is 10.6. The van der Waals surface area contributed by atoms with Gasteiger partial charge in [-0.05, 0) is 29.8 Å². The maximum atomic E-state index is 10.6. The molecule has 1 rings (SSSR count). The van der Waals surface area contributed by atoms with Gasteiger partial charge in [0.15, 0.2) is 0 Å². The first kappa shape index (κ1) is 25.1. The Hall–Kier alpha value is 4.10. The van der Waals surface area contributed by atoms with Crippen molar-refractivity contribution in [1.82, 2.24) is 0 Å². The predicted molar refractivity (Wildman–Crippen MR) is 128 cm³/mol. The van der Waals surface area contributed by atoms with Gasteiger partial charge in [-0.3, -0.25) is 0 Å². The van der Waals surface area contributed by atoms with E-state index in [2.05, 4.69) is 44.6 Å². The minimum Gasteiger partial charge on any atom is -0.387 e. The SMILES string of the molecule is CO[C@@H]1C(OP(PP)P(P)P)[C@H](C)OC(COP(P)PP)[C@H]1O. The van der Waals surface area contributed by atoms with E-state index in [-0.39, 0.29) is 25.3 Å². The van der Waals surface area contributed by atoms with Gasteiger partial charge in [0, 0.05) is 7.11 Å². The smallest absolute Gasteiger partial charge is 0.117 e. The molecule has 1 N–H and O–H groups in total. The van der Waals surface area contributed by atoms with Gasteiger partial charge in [-0.25, -0.2) is 0 Å². The van der Waals surface area contributed by atoms with Gasteiger partial charge in [0.1, 0.15) is 24.4 Å². The molecule has 11 unspecified atom stereocenters. The first-order valence-electron chi connectivity index (χ1n) is 6.58. The van der Waals surface area contributed by atoms with E-state index in [1.54, 1.807) is 7.11 Å². The molecule has 0 saturated carbocycles. The lowest BCUT2D eigenvalue weighted by Gasteiger charge is -2.44. The highest BCUT2D eigenvalue weighted by Gasteiger charge is 2.45. The molecule has 1 heterocycles. The number of hydrogen-bond acceptors (Lipinski definition) is 5. The third-order valence-electron chi connectivity index (χ3n) is 3.21. The zero-order valence-corrected chi connectivity index (χ0v) is 23.4. The minimum absolute atomic E-state index is 0.151. The van der Waals surface area contributed by atoms with E-state index in [9.17, 15) is 5.11 Å². The van der Waals surface area contributed by atoms with Crippen LogP contribution >= 0.6 is 82.6 Å². The zero-order chi connectivity index (χ0) is 17.6. The summed E-state index contributed by atoms with van der Waals surface area (Å²) in [7, 11) is 15.6. The van der Waals surface area contributed by atoms with Gasteiger partial charge >= 0.3 is 0 Å². The minimum atomic E-state index is -0.757. The standard InChI is InChI=1S/C8H26O5P10/c1-4-7(13-22(20-15)23(17)18)8(10-2)6(9)5(12-4)3-11-21(16)19-14/h4-9,19-20H,3,14-18H2,1-2H3/t4-,5?,6+,7?,8-,21?,22?/m0/s1. The van der Waals surface area contributed by atoms with Gasteiger partial charge in [0.2, 0.25) is 0 Å². The quantitative estimate of drug-likeness (QED) is 0.447. The van der Waals surface area contributed by atoms with Crippen LogP contribution in [0.25, 0.3) is 0 Å². The molecule has 0 radical (unpaired) electrons. The molecule has 138 valence electrons. The summed E-state index contributed by atoms with van der Waals surface area (Å²) in [6, 6.07) is 0. The monoisotopic (exact) mass is 512 g/mol. The Balaban J connectivity index is 2.73. The summed E-state index contributed by atoms with van der Waals surface area (Å²) in [4.78, 5) is 0. The Labute approximate surface area is 157 Å². The molecule has 0 aromatic rings. The largest absolute Gasteiger partial charge is 0.387 e. The van der Waals surface area contributed by atoms with Crippen molar-refractivity contribution in [3.63, 3.8) is 0 Å². The van der Waals surface area contributed by atoms with Crippen LogP contribution in [0.4, 0.5) is 0 Å². The summed E-state index contributed by atoms with van der Waals surface area (Å²) in [6.45, 7) is 2.02. The highest BCUT2D eigenvalue weighted by atomic mass is 32.9. The van der Waals surface area contributed by atoms with E-state index in [1.165, 1.54) is 0 Å². The highest BCUT2D eigenvalue weighted by Crippen LogP contribution is 2.89. The van der Waals surface area contributed by atoms with Crippen molar-refractivity contribution in [2.75, 3.05) is 13.7 Å². The fourth-order valence-corrected chi connectivity index (χ4v) is 23.4. The molecule has 0 aliphatic carbocycles. The molecule has 0 bridgehead atoms. The normalized spacial score (nSPS) is 35.6. The fraction of sp³-hybridized carbons (Fsp3) is 1.00. The number of rotatable bonds is 9. The van der Waals surface area contributed by atoms with Crippen LogP contribution in [0.2, 0.25) is 0 Å². The second kappa shape index (κ2) is 13.3. The van der Waals surface area contributed by atoms with Crippen LogP contribution in [0.1, 0.15) is 6.92 Å². The summed E-state index contributed by atoms with van der Waals surface area (Å²) in [5.74, 6) is 0. The van der Waals surface area contributed by atoms with Gasteiger partial charge in [0.05, 0.1) is 27.8 Å². The van der Waals surface area contributed by atoms with E-state index in [0.717, 1.165) is 0 Å². The summed E-state index contributed by atoms with van der Waals surface area (Å²) >= 11 is 0. The Morgan fingerprint density at radius 2 is 1.83 bits per heavy atom. The molecule has 0 aromatic carbocycles. The molecule has 0 aromatic heterocycles. The first-order chi connectivity index (χ1) is 10.8. The van der Waals surface area contributed by atoms with E-state index in [4.69, 9.17) is 18.5 Å². The Kier molecular flexibility index (Phi) is 14.6. The lowest BCUT2D eigenvalue weighted by molar-refractivity contribution is -0.220. The van der Waals surface area contributed by atoms with Gasteiger partial charge in [0.25, 0.3) is 0 Å². The highest BCUT2D eigenvalue weighted by molar-refractivity contribution is 8.86. The van der Waals surface area contributed by atoms with Crippen molar-refractivity contribution in [3.8, 4) is 0 Å². The fourth-order valence-electron chi connectivity index (χ4n) is 2.12. The van der Waals surface area contributed by atoms with Crippen molar-refractivity contribution in [2.24, 2.45) is 0 Å². The molecule has 0 spiro atoms. The number of ether oxygens (including phenoxy) is 2. The maximum Gasteiger partial charge on any atom is 0.117 e. The summed E-state index contributed by atoms with van der Waals surface area (Å²) in [6.07, 6.45) is -1.97. The molecule has 1 fully saturated rings. The number of aliphatic hydroxyl groups excluding tert-OH is 1. The van der Waals surface area contributed by atoms with E-state index in [1.807, 2.05) is 6.92 Å². The summed E-state index contributed by atoms with van der Waals surface area (Å²) in [5.41, 5.74) is 0. The van der Waals surface area contributed by atoms with Crippen LogP contribution in [-0.4, -0.2) is 49.3 Å². The van der Waals surface area contributed by atoms with Gasteiger partial charge < -0.3 is 23.6 Å². The van der Waals surface area contributed by atoms with Crippen LogP contribution in [0.5, 0.6) is 0 Å². The molecule has 15 heteroatoms. The second-order valence-corrected chi connectivity index (χ2v) is 30.6. The molecule has 14 atom stereocenters. The summed E-state index contributed by atoms with van der Waals surface area (Å²) in [5, 5.41) is 10.6. The molecule has 0 amide bonds. The van der Waals surface area contributed by atoms with Crippen molar-refractivity contribution in [1.29, 1.82) is 0 Å². The van der Waals surface area contributed by atoms with E-state index >= 15 is 0 Å². The number of aliphatic hydroxyl groups is 1. The van der Waals surface area contributed by atoms with Crippen LogP contribution in [0, 0.1) is 0 Å². The lowest BCUT2D eigenvalue weighted by Crippen LogP contribution is -2.58. The Bertz CT molecular complexity index is 340. The van der Waals surface area contributed by atoms with Crippen LogP contribution in [-0.2, 0) is 18.5 Å². The molecule has 1 saturated heterocycles. The van der Waals surface area contributed by atoms with Crippen molar-refractivity contribution in [2.45, 2.75) is 37.4 Å². The average Bonchev–Trinajstić information content (AvgIpc) is 2.52. The average molecular weight is 512 g/mol. The number of hydrogen-bond donors (Lipinski definition) is 1. The van der Waals surface area contributed by atoms with E-state index in [0.29, 0.717) is 22.5 Å². The van der Waals surface area contributed by atoms with Crippen molar-refractivity contribution in [3.05, 3.63) is 0 Å². The molecule has 5 nitrogen and oxygen atoms in total. The van der Waals surface area contributed by atoms with Gasteiger partial charge in [-0.1, -0.05) is 8.93 Å². The second-order valence-electron chi connectivity index (χ2n) is 4.67. The van der Waals surface area contributed by atoms with Gasteiger partial charge in [-0.2, -0.15) is 0 Å². The van der Waals surface area contributed by atoms with Crippen LogP contribution in [0.3, 0.4) is 0 Å². The lowest BCUT2D eigenvalue weighted by atomic mass is 9.96. The van der Waals surface area contributed by atoms with E-state index < -0.39 is 27.3 Å². The molecular weight excluding hydrogens is 486 g/mol. The van der Waals surface area contributed by atoms with Crippen LogP contribution < -0.4 is 0 Å². The predicted octanol–water partition coefficient (Wildman–Crippen LogP) is 4.88. The summed E-state index contributed by atoms with van der Waals surface area (Å²) < 4.78 is 23.6. The Morgan fingerprint density at radius 3 is 2.30 bits per heavy atom. The molecule has 1 aliphatic rings. The third-order valence-corrected chi connectivity index (χ3v) is 30.5. The van der Waals surface area contributed by atoms with Crippen LogP contribution in [0.15, 0.2) is 0 Å². The molecule has 1 aliphatic heterocycles. The van der Waals surface area contributed by atoms with Gasteiger partial charge in [-0.15, -0.1) is 35.7 Å². The topological polar surface area (TPSA) is 57.2 Å². The Morgan fingerprint density at radius 1 is 1.17 bits per heavy atom. The zero-order valence-electron chi connectivity index (χ0n) is 12.9. The molecule has 23 heavy (non-hydrogen) atoms. The third kappa shape index (κ3) is 8.16. The first-order valence-corrected chi connectivity index (χ1v) is 23.3. The molecular formula is C8H26O5P10. The number of methoxy groups -OCH3 is 1. The van der Waals surface area contributed by atoms with Crippen molar-refractivity contribution < 1.29 is 23.6 Å². The van der Waals surface area contributed by atoms with Crippen molar-refractivity contribution >= 4 is 82.6 Å².